The Labute approximate surface area is 139 Å². The summed E-state index contributed by atoms with van der Waals surface area (Å²) in [6.45, 7) is 4.24. The summed E-state index contributed by atoms with van der Waals surface area (Å²) in [5.41, 5.74) is -1.31. The smallest absolute Gasteiger partial charge is 0.355 e. The van der Waals surface area contributed by atoms with Crippen molar-refractivity contribution in [3.8, 4) is 0 Å². The Balaban J connectivity index is 2.23. The molecule has 0 radical (unpaired) electrons. The van der Waals surface area contributed by atoms with Crippen LogP contribution in [-0.4, -0.2) is 36.3 Å². The van der Waals surface area contributed by atoms with Gasteiger partial charge in [-0.3, -0.25) is 9.59 Å². The summed E-state index contributed by atoms with van der Waals surface area (Å²) in [7, 11) is 0. The standard InChI is InChI=1S/C17H21F3N2O2/c1-3-21-14(23)11-22(4-2)15(24)16(8-9-16)12-6-5-7-13(10-12)17(18,19)20/h5-7,10H,3-4,8-9,11H2,1-2H3,(H,21,23). The zero-order valence-electron chi connectivity index (χ0n) is 13.7. The first-order valence-corrected chi connectivity index (χ1v) is 7.98. The molecule has 0 unspecified atom stereocenters. The van der Waals surface area contributed by atoms with Crippen LogP contribution < -0.4 is 5.32 Å². The number of rotatable bonds is 6. The van der Waals surface area contributed by atoms with E-state index in [1.807, 2.05) is 0 Å². The molecule has 0 heterocycles. The van der Waals surface area contributed by atoms with Crippen LogP contribution in [0.5, 0.6) is 0 Å². The van der Waals surface area contributed by atoms with E-state index in [-0.39, 0.29) is 18.4 Å². The van der Waals surface area contributed by atoms with E-state index in [4.69, 9.17) is 0 Å². The van der Waals surface area contributed by atoms with Gasteiger partial charge in [-0.25, -0.2) is 0 Å². The minimum absolute atomic E-state index is 0.0795. The van der Waals surface area contributed by atoms with Crippen LogP contribution in [0.1, 0.15) is 37.8 Å². The molecule has 7 heteroatoms. The van der Waals surface area contributed by atoms with Crippen molar-refractivity contribution < 1.29 is 22.8 Å². The molecule has 24 heavy (non-hydrogen) atoms. The number of carbonyl (C=O) groups excluding carboxylic acids is 2. The molecule has 1 aliphatic rings. The van der Waals surface area contributed by atoms with E-state index in [9.17, 15) is 22.8 Å². The van der Waals surface area contributed by atoms with Crippen molar-refractivity contribution in [2.75, 3.05) is 19.6 Å². The molecule has 4 nitrogen and oxygen atoms in total. The molecule has 0 atom stereocenters. The molecule has 0 bridgehead atoms. The van der Waals surface area contributed by atoms with Crippen molar-refractivity contribution in [3.05, 3.63) is 35.4 Å². The predicted octanol–water partition coefficient (Wildman–Crippen LogP) is 2.72. The first-order valence-electron chi connectivity index (χ1n) is 7.98. The molecule has 2 amide bonds. The fourth-order valence-electron chi connectivity index (χ4n) is 2.80. The fraction of sp³-hybridized carbons (Fsp3) is 0.529. The van der Waals surface area contributed by atoms with E-state index in [1.54, 1.807) is 19.9 Å². The molecule has 1 fully saturated rings. The Morgan fingerprint density at radius 3 is 2.42 bits per heavy atom. The zero-order chi connectivity index (χ0) is 18.0. The van der Waals surface area contributed by atoms with Crippen molar-refractivity contribution >= 4 is 11.8 Å². The van der Waals surface area contributed by atoms with Gasteiger partial charge < -0.3 is 10.2 Å². The summed E-state index contributed by atoms with van der Waals surface area (Å²) in [5, 5.41) is 2.62. The topological polar surface area (TPSA) is 49.4 Å². The summed E-state index contributed by atoms with van der Waals surface area (Å²) < 4.78 is 38.7. The number of nitrogens with one attached hydrogen (secondary N) is 1. The first kappa shape index (κ1) is 18.3. The quantitative estimate of drug-likeness (QED) is 0.864. The minimum atomic E-state index is -4.44. The first-order chi connectivity index (χ1) is 11.2. The normalized spacial score (nSPS) is 15.7. The number of likely N-dealkylation sites (N-methyl/N-ethyl adjacent to an activating group) is 2. The van der Waals surface area contributed by atoms with Gasteiger partial charge in [-0.2, -0.15) is 13.2 Å². The van der Waals surface area contributed by atoms with Gasteiger partial charge in [-0.15, -0.1) is 0 Å². The number of hydrogen-bond donors (Lipinski definition) is 1. The maximum Gasteiger partial charge on any atom is 0.416 e. The van der Waals surface area contributed by atoms with E-state index in [1.165, 1.54) is 11.0 Å². The van der Waals surface area contributed by atoms with Crippen molar-refractivity contribution in [1.82, 2.24) is 10.2 Å². The second kappa shape index (κ2) is 6.83. The number of halogens is 3. The van der Waals surface area contributed by atoms with Crippen LogP contribution in [0.25, 0.3) is 0 Å². The van der Waals surface area contributed by atoms with Crippen LogP contribution in [0.15, 0.2) is 24.3 Å². The molecule has 132 valence electrons. The molecule has 1 aromatic carbocycles. The number of alkyl halides is 3. The fourth-order valence-corrected chi connectivity index (χ4v) is 2.80. The highest BCUT2D eigenvalue weighted by Gasteiger charge is 2.53. The molecular formula is C17H21F3N2O2. The Kier molecular flexibility index (Phi) is 5.20. The lowest BCUT2D eigenvalue weighted by molar-refractivity contribution is -0.139. The number of carbonyl (C=O) groups is 2. The predicted molar refractivity (Wildman–Crippen MR) is 83.3 cm³/mol. The molecule has 0 saturated heterocycles. The lowest BCUT2D eigenvalue weighted by Crippen LogP contribution is -2.45. The molecule has 2 rings (SSSR count). The van der Waals surface area contributed by atoms with Gasteiger partial charge in [0.2, 0.25) is 11.8 Å². The van der Waals surface area contributed by atoms with Crippen molar-refractivity contribution in [2.45, 2.75) is 38.3 Å². The molecule has 1 aromatic rings. The van der Waals surface area contributed by atoms with Crippen molar-refractivity contribution in [2.24, 2.45) is 0 Å². The van der Waals surface area contributed by atoms with Gasteiger partial charge in [-0.05, 0) is 38.3 Å². The Morgan fingerprint density at radius 1 is 1.25 bits per heavy atom. The summed E-state index contributed by atoms with van der Waals surface area (Å²) in [4.78, 5) is 26.0. The molecule has 0 spiro atoms. The second-order valence-corrected chi connectivity index (χ2v) is 5.93. The van der Waals surface area contributed by atoms with Crippen LogP contribution in [0.2, 0.25) is 0 Å². The van der Waals surface area contributed by atoms with E-state index in [2.05, 4.69) is 5.32 Å². The van der Waals surface area contributed by atoms with Gasteiger partial charge in [-0.1, -0.05) is 18.2 Å². The van der Waals surface area contributed by atoms with Crippen molar-refractivity contribution in [1.29, 1.82) is 0 Å². The molecule has 1 aliphatic carbocycles. The summed E-state index contributed by atoms with van der Waals surface area (Å²) >= 11 is 0. The number of benzene rings is 1. The highest BCUT2D eigenvalue weighted by Crippen LogP contribution is 2.50. The third-order valence-corrected chi connectivity index (χ3v) is 4.28. The van der Waals surface area contributed by atoms with Gasteiger partial charge in [0.05, 0.1) is 17.5 Å². The SMILES string of the molecule is CCNC(=O)CN(CC)C(=O)C1(c2cccc(C(F)(F)F)c2)CC1. The van der Waals surface area contributed by atoms with Crippen LogP contribution in [0, 0.1) is 0 Å². The van der Waals surface area contributed by atoms with E-state index in [0.717, 1.165) is 12.1 Å². The zero-order valence-corrected chi connectivity index (χ0v) is 13.7. The highest BCUT2D eigenvalue weighted by atomic mass is 19.4. The van der Waals surface area contributed by atoms with Gasteiger partial charge in [0, 0.05) is 13.1 Å². The Bertz CT molecular complexity index is 625. The van der Waals surface area contributed by atoms with E-state index in [0.29, 0.717) is 31.5 Å². The molecule has 1 N–H and O–H groups in total. The van der Waals surface area contributed by atoms with Crippen LogP contribution in [0.3, 0.4) is 0 Å². The Hall–Kier alpha value is -2.05. The van der Waals surface area contributed by atoms with Crippen molar-refractivity contribution in [3.63, 3.8) is 0 Å². The van der Waals surface area contributed by atoms with Crippen LogP contribution in [0.4, 0.5) is 13.2 Å². The number of hydrogen-bond acceptors (Lipinski definition) is 2. The minimum Gasteiger partial charge on any atom is -0.355 e. The summed E-state index contributed by atoms with van der Waals surface area (Å²) in [5.74, 6) is -0.553. The van der Waals surface area contributed by atoms with Crippen LogP contribution >= 0.6 is 0 Å². The molecule has 0 aliphatic heterocycles. The average Bonchev–Trinajstić information content (AvgIpc) is 3.33. The van der Waals surface area contributed by atoms with Gasteiger partial charge in [0.15, 0.2) is 0 Å². The summed E-state index contributed by atoms with van der Waals surface area (Å²) in [6.07, 6.45) is -3.45. The lowest BCUT2D eigenvalue weighted by atomic mass is 9.92. The third-order valence-electron chi connectivity index (χ3n) is 4.28. The van der Waals surface area contributed by atoms with Crippen LogP contribution in [-0.2, 0) is 21.2 Å². The lowest BCUT2D eigenvalue weighted by Gasteiger charge is -2.26. The van der Waals surface area contributed by atoms with E-state index >= 15 is 0 Å². The Morgan fingerprint density at radius 2 is 1.92 bits per heavy atom. The maximum atomic E-state index is 12.9. The molecular weight excluding hydrogens is 321 g/mol. The van der Waals surface area contributed by atoms with Gasteiger partial charge in [0.25, 0.3) is 0 Å². The second-order valence-electron chi connectivity index (χ2n) is 5.93. The largest absolute Gasteiger partial charge is 0.416 e. The monoisotopic (exact) mass is 342 g/mol. The van der Waals surface area contributed by atoms with Gasteiger partial charge in [0.1, 0.15) is 0 Å². The maximum absolute atomic E-state index is 12.9. The van der Waals surface area contributed by atoms with E-state index < -0.39 is 17.2 Å². The third kappa shape index (κ3) is 3.71. The van der Waals surface area contributed by atoms with Gasteiger partial charge >= 0.3 is 6.18 Å². The number of amides is 2. The molecule has 0 aromatic heterocycles. The average molecular weight is 342 g/mol. The number of nitrogens with zero attached hydrogens (tertiary/aromatic N) is 1. The summed E-state index contributed by atoms with van der Waals surface area (Å²) in [6, 6.07) is 4.92. The molecule has 1 saturated carbocycles. The highest BCUT2D eigenvalue weighted by molar-refractivity contribution is 5.94.